The summed E-state index contributed by atoms with van der Waals surface area (Å²) < 4.78 is 1.79. The lowest BCUT2D eigenvalue weighted by Gasteiger charge is -2.07. The quantitative estimate of drug-likeness (QED) is 0.884. The van der Waals surface area contributed by atoms with E-state index in [1.807, 2.05) is 6.92 Å². The Labute approximate surface area is 120 Å². The van der Waals surface area contributed by atoms with Crippen molar-refractivity contribution < 1.29 is 14.7 Å². The van der Waals surface area contributed by atoms with Crippen LogP contribution in [0.15, 0.2) is 17.8 Å². The second-order valence-corrected chi connectivity index (χ2v) is 5.18. The molecule has 2 rings (SSSR count). The molecule has 0 unspecified atom stereocenters. The molecular weight excluding hydrogens is 278 g/mol. The molecule has 0 aliphatic heterocycles. The molecule has 0 radical (unpaired) electrons. The monoisotopic (exact) mass is 293 g/mol. The number of rotatable bonds is 5. The highest BCUT2D eigenvalue weighted by Gasteiger charge is 2.21. The normalized spacial score (nSPS) is 10.5. The fraction of sp³-hybridized carbons (Fsp3) is 0.308. The molecule has 106 valence electrons. The Morgan fingerprint density at radius 1 is 1.50 bits per heavy atom. The molecule has 2 N–H and O–H groups in total. The molecule has 2 aromatic heterocycles. The SMILES string of the molecule is CCn1cc(C)c(C(=O)O)c1CC(=O)Nc1nccs1. The van der Waals surface area contributed by atoms with Crippen LogP contribution in [0.1, 0.15) is 28.5 Å². The minimum Gasteiger partial charge on any atom is -0.478 e. The smallest absolute Gasteiger partial charge is 0.337 e. The number of aryl methyl sites for hydroxylation is 2. The van der Waals surface area contributed by atoms with E-state index in [9.17, 15) is 14.7 Å². The van der Waals surface area contributed by atoms with Crippen molar-refractivity contribution in [2.75, 3.05) is 5.32 Å². The maximum Gasteiger partial charge on any atom is 0.337 e. The van der Waals surface area contributed by atoms with Crippen molar-refractivity contribution in [3.63, 3.8) is 0 Å². The summed E-state index contributed by atoms with van der Waals surface area (Å²) in [6.07, 6.45) is 3.38. The predicted octanol–water partition coefficient (Wildman–Crippen LogP) is 2.15. The molecule has 2 heterocycles. The van der Waals surface area contributed by atoms with Crippen LogP contribution in [0.4, 0.5) is 5.13 Å². The fourth-order valence-corrected chi connectivity index (χ4v) is 2.66. The van der Waals surface area contributed by atoms with Crippen LogP contribution in [0.25, 0.3) is 0 Å². The van der Waals surface area contributed by atoms with Gasteiger partial charge in [0.05, 0.1) is 12.0 Å². The summed E-state index contributed by atoms with van der Waals surface area (Å²) in [6.45, 7) is 4.26. The number of carbonyl (C=O) groups is 2. The molecule has 0 spiro atoms. The number of carbonyl (C=O) groups excluding carboxylic acids is 1. The molecule has 0 saturated carbocycles. The zero-order valence-electron chi connectivity index (χ0n) is 11.2. The van der Waals surface area contributed by atoms with E-state index >= 15 is 0 Å². The van der Waals surface area contributed by atoms with E-state index in [0.29, 0.717) is 22.9 Å². The Kier molecular flexibility index (Phi) is 4.19. The van der Waals surface area contributed by atoms with Crippen LogP contribution in [0.3, 0.4) is 0 Å². The number of thiazole rings is 1. The second kappa shape index (κ2) is 5.87. The van der Waals surface area contributed by atoms with Crippen LogP contribution in [-0.2, 0) is 17.8 Å². The first-order valence-electron chi connectivity index (χ1n) is 6.14. The molecule has 0 aromatic carbocycles. The Morgan fingerprint density at radius 3 is 2.80 bits per heavy atom. The number of aromatic carboxylic acids is 1. The molecule has 0 atom stereocenters. The molecule has 0 aliphatic rings. The van der Waals surface area contributed by atoms with Crippen molar-refractivity contribution in [2.24, 2.45) is 0 Å². The average molecular weight is 293 g/mol. The number of aromatic nitrogens is 2. The largest absolute Gasteiger partial charge is 0.478 e. The van der Waals surface area contributed by atoms with Crippen molar-refractivity contribution in [2.45, 2.75) is 26.8 Å². The van der Waals surface area contributed by atoms with E-state index in [1.54, 1.807) is 29.3 Å². The number of carboxylic acids is 1. The molecule has 2 aromatic rings. The highest BCUT2D eigenvalue weighted by atomic mass is 32.1. The lowest BCUT2D eigenvalue weighted by molar-refractivity contribution is -0.115. The minimum atomic E-state index is -1.01. The molecule has 7 heteroatoms. The molecule has 0 aliphatic carbocycles. The summed E-state index contributed by atoms with van der Waals surface area (Å²) in [5.41, 5.74) is 1.39. The van der Waals surface area contributed by atoms with Crippen LogP contribution in [0, 0.1) is 6.92 Å². The molecule has 1 amide bonds. The molecule has 20 heavy (non-hydrogen) atoms. The number of nitrogens with zero attached hydrogens (tertiary/aromatic N) is 2. The summed E-state index contributed by atoms with van der Waals surface area (Å²) >= 11 is 1.32. The fourth-order valence-electron chi connectivity index (χ4n) is 2.11. The van der Waals surface area contributed by atoms with Crippen molar-refractivity contribution in [3.05, 3.63) is 34.6 Å². The van der Waals surface area contributed by atoms with Crippen LogP contribution in [-0.4, -0.2) is 26.5 Å². The van der Waals surface area contributed by atoms with Gasteiger partial charge in [0.25, 0.3) is 0 Å². The molecule has 0 saturated heterocycles. The number of carboxylic acid groups (broad SMARTS) is 1. The maximum absolute atomic E-state index is 12.0. The van der Waals surface area contributed by atoms with Crippen molar-refractivity contribution in [1.29, 1.82) is 0 Å². The standard InChI is InChI=1S/C13H15N3O3S/c1-3-16-7-8(2)11(12(18)19)9(16)6-10(17)15-13-14-4-5-20-13/h4-5,7H,3,6H2,1-2H3,(H,18,19)(H,14,15,17). The Morgan fingerprint density at radius 2 is 2.25 bits per heavy atom. The first-order valence-corrected chi connectivity index (χ1v) is 7.02. The number of hydrogen-bond donors (Lipinski definition) is 2. The van der Waals surface area contributed by atoms with Gasteiger partial charge in [0.1, 0.15) is 0 Å². The van der Waals surface area contributed by atoms with Gasteiger partial charge in [0, 0.05) is 30.0 Å². The first kappa shape index (κ1) is 14.3. The number of nitrogens with one attached hydrogen (secondary N) is 1. The van der Waals surface area contributed by atoms with Gasteiger partial charge in [-0.15, -0.1) is 11.3 Å². The van der Waals surface area contributed by atoms with E-state index in [-0.39, 0.29) is 17.9 Å². The highest BCUT2D eigenvalue weighted by molar-refractivity contribution is 7.13. The van der Waals surface area contributed by atoms with Crippen LogP contribution >= 0.6 is 11.3 Å². The maximum atomic E-state index is 12.0. The van der Waals surface area contributed by atoms with Crippen LogP contribution in [0.5, 0.6) is 0 Å². The van der Waals surface area contributed by atoms with Gasteiger partial charge in [-0.05, 0) is 19.4 Å². The summed E-state index contributed by atoms with van der Waals surface area (Å²) in [6, 6.07) is 0. The van der Waals surface area contributed by atoms with Gasteiger partial charge in [-0.25, -0.2) is 9.78 Å². The first-order chi connectivity index (χ1) is 9.52. The predicted molar refractivity (Wildman–Crippen MR) is 76.3 cm³/mol. The van der Waals surface area contributed by atoms with Gasteiger partial charge < -0.3 is 15.0 Å². The number of anilines is 1. The Hall–Kier alpha value is -2.15. The zero-order chi connectivity index (χ0) is 14.7. The third-order valence-corrected chi connectivity index (χ3v) is 3.63. The molecule has 0 bridgehead atoms. The molecule has 6 nitrogen and oxygen atoms in total. The van der Waals surface area contributed by atoms with Crippen LogP contribution < -0.4 is 5.32 Å². The van der Waals surface area contributed by atoms with Crippen molar-refractivity contribution in [3.8, 4) is 0 Å². The lowest BCUT2D eigenvalue weighted by Crippen LogP contribution is -2.18. The highest BCUT2D eigenvalue weighted by Crippen LogP contribution is 2.19. The number of hydrogen-bond acceptors (Lipinski definition) is 4. The van der Waals surface area contributed by atoms with Gasteiger partial charge in [-0.2, -0.15) is 0 Å². The van der Waals surface area contributed by atoms with Gasteiger partial charge in [0.15, 0.2) is 5.13 Å². The summed E-state index contributed by atoms with van der Waals surface area (Å²) in [5.74, 6) is -1.28. The van der Waals surface area contributed by atoms with E-state index in [1.165, 1.54) is 11.3 Å². The minimum absolute atomic E-state index is 0.0168. The third kappa shape index (κ3) is 2.88. The van der Waals surface area contributed by atoms with Gasteiger partial charge in [-0.1, -0.05) is 0 Å². The second-order valence-electron chi connectivity index (χ2n) is 4.29. The van der Waals surface area contributed by atoms with E-state index < -0.39 is 5.97 Å². The van der Waals surface area contributed by atoms with E-state index in [2.05, 4.69) is 10.3 Å². The van der Waals surface area contributed by atoms with Crippen LogP contribution in [0.2, 0.25) is 0 Å². The van der Waals surface area contributed by atoms with Gasteiger partial charge >= 0.3 is 5.97 Å². The zero-order valence-corrected chi connectivity index (χ0v) is 12.0. The van der Waals surface area contributed by atoms with E-state index in [0.717, 1.165) is 0 Å². The topological polar surface area (TPSA) is 84.2 Å². The van der Waals surface area contributed by atoms with Gasteiger partial charge in [-0.3, -0.25) is 4.79 Å². The Bertz CT molecular complexity index is 632. The summed E-state index contributed by atoms with van der Waals surface area (Å²) in [7, 11) is 0. The molecule has 0 fully saturated rings. The summed E-state index contributed by atoms with van der Waals surface area (Å²) in [4.78, 5) is 27.3. The number of amides is 1. The summed E-state index contributed by atoms with van der Waals surface area (Å²) in [5, 5.41) is 14.2. The van der Waals surface area contributed by atoms with E-state index in [4.69, 9.17) is 0 Å². The average Bonchev–Trinajstić information content (AvgIpc) is 2.97. The third-order valence-electron chi connectivity index (χ3n) is 2.94. The van der Waals surface area contributed by atoms with Crippen molar-refractivity contribution in [1.82, 2.24) is 9.55 Å². The van der Waals surface area contributed by atoms with Gasteiger partial charge in [0.2, 0.25) is 5.91 Å². The lowest BCUT2D eigenvalue weighted by atomic mass is 10.1. The molecular formula is C13H15N3O3S. The Balaban J connectivity index is 2.23. The van der Waals surface area contributed by atoms with Crippen molar-refractivity contribution >= 4 is 28.3 Å².